The van der Waals surface area contributed by atoms with Gasteiger partial charge in [-0.05, 0) is 24.5 Å². The molecule has 2 aromatic carbocycles. The standard InChI is InChI=1S/C23H29N3O3S/c1-19-6-5-9-21(16-19)17-25-13-12-24-14-15-26(11-10-22(24)23(25)27)30(28,29)18-20-7-3-2-4-8-20/h2-9,16,22H,10-15,17-18H2,1H3. The van der Waals surface area contributed by atoms with Gasteiger partial charge in [-0.2, -0.15) is 0 Å². The molecule has 2 aliphatic rings. The quantitative estimate of drug-likeness (QED) is 0.734. The molecule has 0 bridgehead atoms. The minimum absolute atomic E-state index is 0.00589. The molecule has 2 fully saturated rings. The van der Waals surface area contributed by atoms with E-state index in [4.69, 9.17) is 0 Å². The minimum Gasteiger partial charge on any atom is -0.336 e. The largest absolute Gasteiger partial charge is 0.336 e. The van der Waals surface area contributed by atoms with E-state index in [-0.39, 0.29) is 17.7 Å². The summed E-state index contributed by atoms with van der Waals surface area (Å²) in [7, 11) is -3.41. The second-order valence-electron chi connectivity index (χ2n) is 8.23. The summed E-state index contributed by atoms with van der Waals surface area (Å²) in [5.41, 5.74) is 3.12. The Balaban J connectivity index is 1.42. The number of sulfonamides is 1. The summed E-state index contributed by atoms with van der Waals surface area (Å²) < 4.78 is 27.5. The predicted octanol–water partition coefficient (Wildman–Crippen LogP) is 2.24. The van der Waals surface area contributed by atoms with Crippen LogP contribution in [0.5, 0.6) is 0 Å². The smallest absolute Gasteiger partial charge is 0.240 e. The molecule has 2 aromatic rings. The second-order valence-corrected chi connectivity index (χ2v) is 10.2. The van der Waals surface area contributed by atoms with Gasteiger partial charge in [0.15, 0.2) is 0 Å². The van der Waals surface area contributed by atoms with Crippen LogP contribution >= 0.6 is 0 Å². The van der Waals surface area contributed by atoms with Crippen molar-refractivity contribution in [3.63, 3.8) is 0 Å². The number of piperazine rings is 1. The van der Waals surface area contributed by atoms with E-state index in [1.54, 1.807) is 4.31 Å². The van der Waals surface area contributed by atoms with Crippen molar-refractivity contribution in [3.05, 3.63) is 71.3 Å². The SMILES string of the molecule is Cc1cccc(CN2CCN3CCN(S(=O)(=O)Cc4ccccc4)CCC3C2=O)c1. The fourth-order valence-corrected chi connectivity index (χ4v) is 5.96. The van der Waals surface area contributed by atoms with Crippen molar-refractivity contribution in [2.75, 3.05) is 32.7 Å². The Labute approximate surface area is 179 Å². The third kappa shape index (κ3) is 4.74. The van der Waals surface area contributed by atoms with Gasteiger partial charge in [-0.25, -0.2) is 12.7 Å². The van der Waals surface area contributed by atoms with Gasteiger partial charge in [0.05, 0.1) is 11.8 Å². The van der Waals surface area contributed by atoms with Gasteiger partial charge < -0.3 is 4.90 Å². The Bertz CT molecular complexity index is 994. The summed E-state index contributed by atoms with van der Waals surface area (Å²) in [6.07, 6.45) is 0.539. The second kappa shape index (κ2) is 8.88. The fraction of sp³-hybridized carbons (Fsp3) is 0.435. The van der Waals surface area contributed by atoms with Crippen molar-refractivity contribution in [1.82, 2.24) is 14.1 Å². The number of aryl methyl sites for hydroxylation is 1. The normalized spacial score (nSPS) is 21.3. The van der Waals surface area contributed by atoms with Gasteiger partial charge in [-0.1, -0.05) is 60.2 Å². The zero-order valence-electron chi connectivity index (χ0n) is 17.4. The van der Waals surface area contributed by atoms with Crippen LogP contribution in [0.25, 0.3) is 0 Å². The predicted molar refractivity (Wildman–Crippen MR) is 117 cm³/mol. The molecule has 0 N–H and O–H groups in total. The van der Waals surface area contributed by atoms with Crippen LogP contribution in [0, 0.1) is 6.92 Å². The van der Waals surface area contributed by atoms with Crippen LogP contribution in [0.15, 0.2) is 54.6 Å². The summed E-state index contributed by atoms with van der Waals surface area (Å²) in [5, 5.41) is 0. The Kier molecular flexibility index (Phi) is 6.22. The lowest BCUT2D eigenvalue weighted by molar-refractivity contribution is -0.142. The summed E-state index contributed by atoms with van der Waals surface area (Å²) in [6, 6.07) is 17.3. The number of amides is 1. The van der Waals surface area contributed by atoms with Crippen molar-refractivity contribution >= 4 is 15.9 Å². The molecule has 0 saturated carbocycles. The summed E-state index contributed by atoms with van der Waals surface area (Å²) >= 11 is 0. The van der Waals surface area contributed by atoms with Crippen LogP contribution in [0.4, 0.5) is 0 Å². The van der Waals surface area contributed by atoms with Crippen LogP contribution in [0.1, 0.15) is 23.1 Å². The van der Waals surface area contributed by atoms with Gasteiger partial charge in [-0.15, -0.1) is 0 Å². The van der Waals surface area contributed by atoms with E-state index in [0.717, 1.165) is 17.7 Å². The lowest BCUT2D eigenvalue weighted by atomic mass is 10.1. The molecule has 1 unspecified atom stereocenters. The van der Waals surface area contributed by atoms with Gasteiger partial charge in [0.25, 0.3) is 0 Å². The number of hydrogen-bond acceptors (Lipinski definition) is 4. The molecule has 7 heteroatoms. The van der Waals surface area contributed by atoms with Crippen LogP contribution in [0.2, 0.25) is 0 Å². The lowest BCUT2D eigenvalue weighted by Crippen LogP contribution is -2.56. The van der Waals surface area contributed by atoms with E-state index >= 15 is 0 Å². The maximum atomic E-state index is 13.2. The molecule has 0 aliphatic carbocycles. The van der Waals surface area contributed by atoms with Crippen molar-refractivity contribution < 1.29 is 13.2 Å². The Morgan fingerprint density at radius 1 is 0.900 bits per heavy atom. The highest BCUT2D eigenvalue weighted by Crippen LogP contribution is 2.22. The summed E-state index contributed by atoms with van der Waals surface area (Å²) in [4.78, 5) is 17.2. The number of nitrogens with zero attached hydrogens (tertiary/aromatic N) is 3. The van der Waals surface area contributed by atoms with E-state index in [1.807, 2.05) is 41.3 Å². The van der Waals surface area contributed by atoms with Gasteiger partial charge >= 0.3 is 0 Å². The summed E-state index contributed by atoms with van der Waals surface area (Å²) in [5.74, 6) is 0.122. The van der Waals surface area contributed by atoms with E-state index < -0.39 is 10.0 Å². The van der Waals surface area contributed by atoms with E-state index in [2.05, 4.69) is 30.0 Å². The molecule has 2 heterocycles. The first kappa shape index (κ1) is 21.0. The highest BCUT2D eigenvalue weighted by atomic mass is 32.2. The molecule has 1 amide bonds. The van der Waals surface area contributed by atoms with E-state index in [9.17, 15) is 13.2 Å². The third-order valence-electron chi connectivity index (χ3n) is 6.02. The average Bonchev–Trinajstić information content (AvgIpc) is 2.94. The van der Waals surface area contributed by atoms with Crippen LogP contribution in [-0.4, -0.2) is 67.2 Å². The zero-order chi connectivity index (χ0) is 21.1. The number of carbonyl (C=O) groups excluding carboxylic acids is 1. The lowest BCUT2D eigenvalue weighted by Gasteiger charge is -2.39. The first-order valence-corrected chi connectivity index (χ1v) is 12.1. The Morgan fingerprint density at radius 2 is 1.63 bits per heavy atom. The topological polar surface area (TPSA) is 60.9 Å². The minimum atomic E-state index is -3.41. The fourth-order valence-electron chi connectivity index (χ4n) is 4.42. The number of carbonyl (C=O) groups is 1. The molecule has 0 spiro atoms. The molecule has 2 saturated heterocycles. The average molecular weight is 428 g/mol. The molecular formula is C23H29N3O3S. The molecule has 0 aromatic heterocycles. The van der Waals surface area contributed by atoms with Crippen molar-refractivity contribution in [2.24, 2.45) is 0 Å². The molecule has 6 nitrogen and oxygen atoms in total. The van der Waals surface area contributed by atoms with E-state index in [1.165, 1.54) is 5.56 Å². The third-order valence-corrected chi connectivity index (χ3v) is 7.87. The molecule has 1 atom stereocenters. The molecule has 4 rings (SSSR count). The number of fused-ring (bicyclic) bond motifs is 1. The van der Waals surface area contributed by atoms with E-state index in [0.29, 0.717) is 39.1 Å². The van der Waals surface area contributed by atoms with Gasteiger partial charge in [0, 0.05) is 39.3 Å². The highest BCUT2D eigenvalue weighted by molar-refractivity contribution is 7.88. The maximum absolute atomic E-state index is 13.2. The Hall–Kier alpha value is -2.22. The maximum Gasteiger partial charge on any atom is 0.240 e. The zero-order valence-corrected chi connectivity index (χ0v) is 18.2. The Morgan fingerprint density at radius 3 is 2.40 bits per heavy atom. The molecule has 2 aliphatic heterocycles. The van der Waals surface area contributed by atoms with Gasteiger partial charge in [-0.3, -0.25) is 9.69 Å². The van der Waals surface area contributed by atoms with Gasteiger partial charge in [0.1, 0.15) is 0 Å². The van der Waals surface area contributed by atoms with Crippen LogP contribution in [0.3, 0.4) is 0 Å². The first-order valence-electron chi connectivity index (χ1n) is 10.5. The van der Waals surface area contributed by atoms with Crippen molar-refractivity contribution in [3.8, 4) is 0 Å². The molecule has 160 valence electrons. The first-order chi connectivity index (χ1) is 14.4. The number of hydrogen-bond donors (Lipinski definition) is 0. The van der Waals surface area contributed by atoms with Crippen LogP contribution in [-0.2, 0) is 27.1 Å². The molecule has 30 heavy (non-hydrogen) atoms. The van der Waals surface area contributed by atoms with Crippen molar-refractivity contribution in [2.45, 2.75) is 31.7 Å². The number of rotatable bonds is 5. The number of benzene rings is 2. The van der Waals surface area contributed by atoms with Crippen molar-refractivity contribution in [1.29, 1.82) is 0 Å². The summed E-state index contributed by atoms with van der Waals surface area (Å²) in [6.45, 7) is 5.56. The molecular weight excluding hydrogens is 398 g/mol. The molecule has 0 radical (unpaired) electrons. The highest BCUT2D eigenvalue weighted by Gasteiger charge is 2.38. The van der Waals surface area contributed by atoms with Crippen LogP contribution < -0.4 is 0 Å². The van der Waals surface area contributed by atoms with Gasteiger partial charge in [0.2, 0.25) is 15.9 Å². The monoisotopic (exact) mass is 427 g/mol.